The Bertz CT molecular complexity index is 1220. The molecule has 7 heteroatoms. The van der Waals surface area contributed by atoms with E-state index in [1.54, 1.807) is 30.7 Å². The third-order valence-electron chi connectivity index (χ3n) is 4.54. The zero-order valence-electron chi connectivity index (χ0n) is 15.5. The summed E-state index contributed by atoms with van der Waals surface area (Å²) in [5.41, 5.74) is 2.46. The highest BCUT2D eigenvalue weighted by molar-refractivity contribution is 7.07. The van der Waals surface area contributed by atoms with Gasteiger partial charge < -0.3 is 9.72 Å². The van der Waals surface area contributed by atoms with Crippen LogP contribution in [-0.4, -0.2) is 22.1 Å². The predicted octanol–water partition coefficient (Wildman–Crippen LogP) is 2.13. The number of nitrogens with one attached hydrogen (secondary N) is 1. The second-order valence-electron chi connectivity index (χ2n) is 6.34. The fourth-order valence-corrected chi connectivity index (χ4v) is 4.35. The van der Waals surface area contributed by atoms with Crippen molar-refractivity contribution in [3.63, 3.8) is 0 Å². The van der Waals surface area contributed by atoms with E-state index >= 15 is 0 Å². The van der Waals surface area contributed by atoms with Crippen molar-refractivity contribution >= 4 is 23.4 Å². The molecule has 6 nitrogen and oxygen atoms in total. The van der Waals surface area contributed by atoms with Gasteiger partial charge in [0.25, 0.3) is 5.56 Å². The lowest BCUT2D eigenvalue weighted by atomic mass is 9.96. The Morgan fingerprint density at radius 1 is 1.29 bits per heavy atom. The molecule has 0 saturated carbocycles. The van der Waals surface area contributed by atoms with Crippen LogP contribution in [0, 0.1) is 0 Å². The number of esters is 1. The van der Waals surface area contributed by atoms with Crippen molar-refractivity contribution in [2.75, 3.05) is 6.61 Å². The molecule has 0 aliphatic carbocycles. The van der Waals surface area contributed by atoms with Gasteiger partial charge in [-0.1, -0.05) is 41.7 Å². The molecule has 1 N–H and O–H groups in total. The number of fused-ring (bicyclic) bond motifs is 1. The summed E-state index contributed by atoms with van der Waals surface area (Å²) in [5.74, 6) is -0.448. The van der Waals surface area contributed by atoms with Crippen molar-refractivity contribution in [2.45, 2.75) is 19.9 Å². The summed E-state index contributed by atoms with van der Waals surface area (Å²) in [4.78, 5) is 34.2. The van der Waals surface area contributed by atoms with E-state index in [0.29, 0.717) is 20.6 Å². The Balaban J connectivity index is 1.97. The van der Waals surface area contributed by atoms with Crippen LogP contribution in [-0.2, 0) is 9.53 Å². The smallest absolute Gasteiger partial charge is 0.338 e. The highest BCUT2D eigenvalue weighted by Gasteiger charge is 2.33. The first-order valence-electron chi connectivity index (χ1n) is 8.98. The van der Waals surface area contributed by atoms with Gasteiger partial charge in [0.15, 0.2) is 4.80 Å². The van der Waals surface area contributed by atoms with E-state index in [-0.39, 0.29) is 12.2 Å². The zero-order chi connectivity index (χ0) is 19.7. The zero-order valence-corrected chi connectivity index (χ0v) is 16.3. The van der Waals surface area contributed by atoms with Crippen molar-refractivity contribution in [3.05, 3.63) is 90.9 Å². The summed E-state index contributed by atoms with van der Waals surface area (Å²) in [7, 11) is 0. The third kappa shape index (κ3) is 3.14. The number of nitrogens with zero attached hydrogens (tertiary/aromatic N) is 2. The van der Waals surface area contributed by atoms with Crippen LogP contribution in [0.5, 0.6) is 0 Å². The number of allylic oxidation sites excluding steroid dienone is 1. The molecule has 0 bridgehead atoms. The number of hydrogen-bond acceptors (Lipinski definition) is 5. The van der Waals surface area contributed by atoms with Gasteiger partial charge in [-0.3, -0.25) is 9.36 Å². The van der Waals surface area contributed by atoms with Crippen LogP contribution in [0.25, 0.3) is 6.08 Å². The number of ether oxygens (including phenoxy) is 1. The normalized spacial score (nSPS) is 16.6. The summed E-state index contributed by atoms with van der Waals surface area (Å²) >= 11 is 1.31. The maximum Gasteiger partial charge on any atom is 0.338 e. The number of benzene rings is 1. The lowest BCUT2D eigenvalue weighted by Crippen LogP contribution is -2.39. The largest absolute Gasteiger partial charge is 0.463 e. The molecule has 1 atom stereocenters. The maximum absolute atomic E-state index is 13.2. The summed E-state index contributed by atoms with van der Waals surface area (Å²) in [6, 6.07) is 12.7. The van der Waals surface area contributed by atoms with E-state index in [1.165, 1.54) is 11.3 Å². The molecule has 4 rings (SSSR count). The van der Waals surface area contributed by atoms with Crippen molar-refractivity contribution in [2.24, 2.45) is 4.99 Å². The molecule has 1 aromatic carbocycles. The molecule has 1 aliphatic rings. The Morgan fingerprint density at radius 3 is 2.75 bits per heavy atom. The van der Waals surface area contributed by atoms with Crippen LogP contribution in [0.3, 0.4) is 0 Å². The Hall–Kier alpha value is -3.19. The summed E-state index contributed by atoms with van der Waals surface area (Å²) in [6.45, 7) is 3.80. The highest BCUT2D eigenvalue weighted by Crippen LogP contribution is 2.30. The first kappa shape index (κ1) is 18.2. The van der Waals surface area contributed by atoms with Crippen LogP contribution >= 0.6 is 11.3 Å². The van der Waals surface area contributed by atoms with Crippen LogP contribution in [0.2, 0.25) is 0 Å². The number of rotatable bonds is 4. The molecular weight excluding hydrogens is 374 g/mol. The number of aromatic amines is 1. The van der Waals surface area contributed by atoms with Crippen LogP contribution < -0.4 is 14.9 Å². The first-order valence-corrected chi connectivity index (χ1v) is 9.79. The molecule has 0 spiro atoms. The molecule has 1 aliphatic heterocycles. The fraction of sp³-hybridized carbons (Fsp3) is 0.190. The molecule has 0 saturated heterocycles. The standard InChI is InChI=1S/C21H19N3O3S/c1-3-27-20(26)17-13(2)23-21-24(18(17)14-8-5-4-6-9-14)19(25)16(28-21)12-15-10-7-11-22-15/h4-12,18,22H,3H2,1-2H3/b16-12+. The number of aromatic nitrogens is 2. The van der Waals surface area contributed by atoms with Gasteiger partial charge in [0, 0.05) is 11.9 Å². The van der Waals surface area contributed by atoms with Gasteiger partial charge in [-0.2, -0.15) is 0 Å². The molecule has 3 heterocycles. The van der Waals surface area contributed by atoms with Gasteiger partial charge in [0.2, 0.25) is 0 Å². The number of thiazole rings is 1. The van der Waals surface area contributed by atoms with Crippen LogP contribution in [0.4, 0.5) is 0 Å². The lowest BCUT2D eigenvalue weighted by molar-refractivity contribution is -0.139. The van der Waals surface area contributed by atoms with Crippen molar-refractivity contribution in [1.82, 2.24) is 9.55 Å². The fourth-order valence-electron chi connectivity index (χ4n) is 3.32. The average Bonchev–Trinajstić information content (AvgIpc) is 3.30. The Kier molecular flexibility index (Phi) is 4.83. The van der Waals surface area contributed by atoms with Crippen molar-refractivity contribution in [1.29, 1.82) is 0 Å². The van der Waals surface area contributed by atoms with Gasteiger partial charge in [0.1, 0.15) is 0 Å². The van der Waals surface area contributed by atoms with Gasteiger partial charge in [0.05, 0.1) is 28.5 Å². The minimum atomic E-state index is -0.567. The topological polar surface area (TPSA) is 76.4 Å². The van der Waals surface area contributed by atoms with E-state index in [1.807, 2.05) is 42.5 Å². The predicted molar refractivity (Wildman–Crippen MR) is 108 cm³/mol. The minimum Gasteiger partial charge on any atom is -0.463 e. The van der Waals surface area contributed by atoms with E-state index in [4.69, 9.17) is 4.74 Å². The van der Waals surface area contributed by atoms with Gasteiger partial charge in [-0.25, -0.2) is 9.79 Å². The second-order valence-corrected chi connectivity index (χ2v) is 7.35. The molecule has 2 aromatic heterocycles. The lowest BCUT2D eigenvalue weighted by Gasteiger charge is -2.24. The first-order chi connectivity index (χ1) is 13.6. The number of carbonyl (C=O) groups excluding carboxylic acids is 1. The second kappa shape index (κ2) is 7.44. The van der Waals surface area contributed by atoms with E-state index in [0.717, 1.165) is 11.3 Å². The molecule has 28 heavy (non-hydrogen) atoms. The quantitative estimate of drug-likeness (QED) is 0.690. The molecule has 1 unspecified atom stereocenters. The van der Waals surface area contributed by atoms with Crippen molar-refractivity contribution < 1.29 is 9.53 Å². The minimum absolute atomic E-state index is 0.179. The number of carbonyl (C=O) groups is 1. The molecule has 3 aromatic rings. The number of H-pyrrole nitrogens is 1. The van der Waals surface area contributed by atoms with Gasteiger partial charge in [-0.05, 0) is 37.6 Å². The van der Waals surface area contributed by atoms with Crippen LogP contribution in [0.1, 0.15) is 31.1 Å². The molecule has 0 fully saturated rings. The van der Waals surface area contributed by atoms with Crippen LogP contribution in [0.15, 0.2) is 69.7 Å². The van der Waals surface area contributed by atoms with Gasteiger partial charge in [-0.15, -0.1) is 0 Å². The van der Waals surface area contributed by atoms with Gasteiger partial charge >= 0.3 is 5.97 Å². The van der Waals surface area contributed by atoms with E-state index in [2.05, 4.69) is 9.98 Å². The van der Waals surface area contributed by atoms with E-state index in [9.17, 15) is 9.59 Å². The summed E-state index contributed by atoms with van der Waals surface area (Å²) in [6.07, 6.45) is 3.61. The Morgan fingerprint density at radius 2 is 2.07 bits per heavy atom. The average molecular weight is 393 g/mol. The van der Waals surface area contributed by atoms with Crippen molar-refractivity contribution in [3.8, 4) is 0 Å². The highest BCUT2D eigenvalue weighted by atomic mass is 32.1. The molecule has 0 amide bonds. The summed E-state index contributed by atoms with van der Waals surface area (Å²) in [5, 5.41) is 0. The molecule has 142 valence electrons. The third-order valence-corrected chi connectivity index (χ3v) is 5.52. The monoisotopic (exact) mass is 393 g/mol. The molecule has 0 radical (unpaired) electrons. The van der Waals surface area contributed by atoms with E-state index < -0.39 is 12.0 Å². The summed E-state index contributed by atoms with van der Waals surface area (Å²) < 4.78 is 7.42. The SMILES string of the molecule is CCOC(=O)C1=C(C)N=c2s/c(=C/c3ccc[nH]3)c(=O)n2C1c1ccccc1. The maximum atomic E-state index is 13.2. The number of hydrogen-bond donors (Lipinski definition) is 1. The molecular formula is C21H19N3O3S. The Labute approximate surface area is 165 Å².